The van der Waals surface area contributed by atoms with Crippen LogP contribution >= 0.6 is 23.8 Å². The second-order valence-electron chi connectivity index (χ2n) is 3.47. The van der Waals surface area contributed by atoms with Gasteiger partial charge in [-0.15, -0.1) is 0 Å². The number of nitrogens with one attached hydrogen (secondary N) is 1. The van der Waals surface area contributed by atoms with Crippen molar-refractivity contribution in [3.05, 3.63) is 28.7 Å². The fourth-order valence-electron chi connectivity index (χ4n) is 1.06. The number of hydrogen-bond donors (Lipinski definition) is 2. The molecule has 0 fully saturated rings. The smallest absolute Gasteiger partial charge is 0.395 e. The van der Waals surface area contributed by atoms with Crippen molar-refractivity contribution in [3.63, 3.8) is 0 Å². The van der Waals surface area contributed by atoms with E-state index in [1.807, 2.05) is 0 Å². The van der Waals surface area contributed by atoms with Crippen LogP contribution in [0.1, 0.15) is 6.92 Å². The number of hydrogen-bond acceptors (Lipinski definition) is 6. The molecule has 7 nitrogen and oxygen atoms in total. The Morgan fingerprint density at radius 2 is 2.00 bits per heavy atom. The topological polar surface area (TPSA) is 94.1 Å². The standard InChI is InChI=1S/C10H13BrNO6P/c1-7(12-16-2)10(13)18-19(14,15)17-9-5-3-8(11)4-6-9/h3-7,12H,1-2H3,(H,14,15)/t7-/m0/s1. The highest BCUT2D eigenvalue weighted by Gasteiger charge is 2.30. The van der Waals surface area contributed by atoms with Gasteiger partial charge in [0, 0.05) is 4.47 Å². The summed E-state index contributed by atoms with van der Waals surface area (Å²) in [5.74, 6) is -0.862. The third-order valence-electron chi connectivity index (χ3n) is 1.89. The molecule has 0 radical (unpaired) electrons. The summed E-state index contributed by atoms with van der Waals surface area (Å²) in [5.41, 5.74) is 2.27. The van der Waals surface area contributed by atoms with Crippen LogP contribution in [0.15, 0.2) is 28.7 Å². The van der Waals surface area contributed by atoms with Crippen LogP contribution in [0.4, 0.5) is 0 Å². The molecule has 0 saturated heterocycles. The minimum absolute atomic E-state index is 0.106. The molecule has 0 amide bonds. The third-order valence-corrected chi connectivity index (χ3v) is 3.27. The van der Waals surface area contributed by atoms with Gasteiger partial charge in [-0.2, -0.15) is 5.48 Å². The molecule has 0 saturated carbocycles. The van der Waals surface area contributed by atoms with Crippen LogP contribution in [0, 0.1) is 0 Å². The second-order valence-corrected chi connectivity index (χ2v) is 5.69. The van der Waals surface area contributed by atoms with Crippen molar-refractivity contribution in [2.75, 3.05) is 7.11 Å². The number of carbonyl (C=O) groups is 1. The average Bonchev–Trinajstić information content (AvgIpc) is 2.31. The molecule has 0 aromatic heterocycles. The summed E-state index contributed by atoms with van der Waals surface area (Å²) < 4.78 is 21.5. The molecule has 1 unspecified atom stereocenters. The maximum Gasteiger partial charge on any atom is 0.587 e. The molecule has 0 heterocycles. The molecule has 0 aliphatic rings. The van der Waals surface area contributed by atoms with Crippen molar-refractivity contribution >= 4 is 29.7 Å². The fourth-order valence-corrected chi connectivity index (χ4v) is 2.14. The van der Waals surface area contributed by atoms with Crippen molar-refractivity contribution in [1.82, 2.24) is 5.48 Å². The second kappa shape index (κ2) is 7.02. The Balaban J connectivity index is 2.63. The van der Waals surface area contributed by atoms with Crippen molar-refractivity contribution in [2.45, 2.75) is 13.0 Å². The van der Waals surface area contributed by atoms with Crippen molar-refractivity contribution in [3.8, 4) is 5.75 Å². The van der Waals surface area contributed by atoms with E-state index in [1.165, 1.54) is 26.2 Å². The van der Waals surface area contributed by atoms with Crippen LogP contribution < -0.4 is 10.0 Å². The Hall–Kier alpha value is -0.920. The van der Waals surface area contributed by atoms with E-state index in [1.54, 1.807) is 12.1 Å². The predicted molar refractivity (Wildman–Crippen MR) is 70.3 cm³/mol. The zero-order chi connectivity index (χ0) is 14.5. The van der Waals surface area contributed by atoms with E-state index in [2.05, 4.69) is 30.8 Å². The Morgan fingerprint density at radius 3 is 2.53 bits per heavy atom. The molecule has 2 N–H and O–H groups in total. The third kappa shape index (κ3) is 5.71. The maximum absolute atomic E-state index is 11.6. The number of hydroxylamine groups is 1. The summed E-state index contributed by atoms with van der Waals surface area (Å²) in [7, 11) is -3.22. The highest BCUT2D eigenvalue weighted by molar-refractivity contribution is 9.10. The Bertz CT molecular complexity index is 479. The monoisotopic (exact) mass is 353 g/mol. The minimum Gasteiger partial charge on any atom is -0.395 e. The van der Waals surface area contributed by atoms with Crippen LogP contribution in [0.2, 0.25) is 0 Å². The summed E-state index contributed by atoms with van der Waals surface area (Å²) in [5, 5.41) is 0. The lowest BCUT2D eigenvalue weighted by molar-refractivity contribution is -0.140. The van der Waals surface area contributed by atoms with Gasteiger partial charge in [0.1, 0.15) is 11.8 Å². The molecule has 1 rings (SSSR count). The number of phosphoric ester groups is 1. The Labute approximate surface area is 118 Å². The molecule has 1 aromatic carbocycles. The number of halogens is 1. The fraction of sp³-hybridized carbons (Fsp3) is 0.300. The number of rotatable bonds is 6. The van der Waals surface area contributed by atoms with Crippen LogP contribution in [0.5, 0.6) is 5.75 Å². The SMILES string of the molecule is CON[C@@H](C)C(=O)OP(=O)(O)Oc1ccc(Br)cc1. The molecule has 2 atom stereocenters. The van der Waals surface area contributed by atoms with Gasteiger partial charge in [0.25, 0.3) is 0 Å². The molecule has 0 bridgehead atoms. The van der Waals surface area contributed by atoms with Crippen LogP contribution in [-0.4, -0.2) is 24.0 Å². The highest BCUT2D eigenvalue weighted by Crippen LogP contribution is 2.44. The van der Waals surface area contributed by atoms with Gasteiger partial charge >= 0.3 is 13.8 Å². The van der Waals surface area contributed by atoms with E-state index in [4.69, 9.17) is 4.52 Å². The lowest BCUT2D eigenvalue weighted by Crippen LogP contribution is -2.34. The first-order chi connectivity index (χ1) is 8.84. The van der Waals surface area contributed by atoms with Gasteiger partial charge < -0.3 is 13.9 Å². The van der Waals surface area contributed by atoms with Gasteiger partial charge in [-0.05, 0) is 31.2 Å². The number of benzene rings is 1. The summed E-state index contributed by atoms with van der Waals surface area (Å²) in [6.45, 7) is 1.41. The minimum atomic E-state index is -4.52. The largest absolute Gasteiger partial charge is 0.587 e. The number of phosphoric acid groups is 1. The van der Waals surface area contributed by atoms with E-state index in [0.29, 0.717) is 0 Å². The van der Waals surface area contributed by atoms with Gasteiger partial charge in [0.05, 0.1) is 7.11 Å². The first-order valence-corrected chi connectivity index (χ1v) is 7.43. The molecule has 1 aromatic rings. The zero-order valence-electron chi connectivity index (χ0n) is 10.2. The summed E-state index contributed by atoms with van der Waals surface area (Å²) in [6, 6.07) is 5.24. The lowest BCUT2D eigenvalue weighted by atomic mass is 10.3. The van der Waals surface area contributed by atoms with Crippen molar-refractivity contribution in [2.24, 2.45) is 0 Å². The maximum atomic E-state index is 11.6. The molecule has 9 heteroatoms. The van der Waals surface area contributed by atoms with E-state index >= 15 is 0 Å². The normalized spacial score (nSPS) is 15.4. The van der Waals surface area contributed by atoms with E-state index in [0.717, 1.165) is 4.47 Å². The van der Waals surface area contributed by atoms with Crippen molar-refractivity contribution < 1.29 is 28.1 Å². The molecule has 0 spiro atoms. The Morgan fingerprint density at radius 1 is 1.42 bits per heavy atom. The van der Waals surface area contributed by atoms with Crippen LogP contribution in [-0.2, 0) is 18.7 Å². The summed E-state index contributed by atoms with van der Waals surface area (Å²) in [4.78, 5) is 25.3. The molecular formula is C10H13BrNO6P. The van der Waals surface area contributed by atoms with Crippen LogP contribution in [0.3, 0.4) is 0 Å². The Kier molecular flexibility index (Phi) is 5.96. The number of carbonyl (C=O) groups excluding carboxylic acids is 1. The first-order valence-electron chi connectivity index (χ1n) is 5.14. The zero-order valence-corrected chi connectivity index (χ0v) is 12.7. The van der Waals surface area contributed by atoms with Crippen molar-refractivity contribution in [1.29, 1.82) is 0 Å². The lowest BCUT2D eigenvalue weighted by Gasteiger charge is -2.15. The van der Waals surface area contributed by atoms with Gasteiger partial charge in [0.15, 0.2) is 0 Å². The molecule has 19 heavy (non-hydrogen) atoms. The van der Waals surface area contributed by atoms with Gasteiger partial charge in [0.2, 0.25) is 0 Å². The van der Waals surface area contributed by atoms with E-state index < -0.39 is 19.8 Å². The summed E-state index contributed by atoms with van der Waals surface area (Å²) >= 11 is 3.21. The first kappa shape index (κ1) is 16.1. The molecule has 0 aliphatic heterocycles. The van der Waals surface area contributed by atoms with Gasteiger partial charge in [-0.3, -0.25) is 4.89 Å². The average molecular weight is 354 g/mol. The van der Waals surface area contributed by atoms with Gasteiger partial charge in [-0.1, -0.05) is 15.9 Å². The summed E-state index contributed by atoms with van der Waals surface area (Å²) in [6.07, 6.45) is 0. The molecular weight excluding hydrogens is 341 g/mol. The van der Waals surface area contributed by atoms with E-state index in [9.17, 15) is 14.3 Å². The highest BCUT2D eigenvalue weighted by atomic mass is 79.9. The van der Waals surface area contributed by atoms with Crippen LogP contribution in [0.25, 0.3) is 0 Å². The van der Waals surface area contributed by atoms with Gasteiger partial charge in [-0.25, -0.2) is 9.36 Å². The molecule has 106 valence electrons. The molecule has 0 aliphatic carbocycles. The quantitative estimate of drug-likeness (QED) is 0.596. The van der Waals surface area contributed by atoms with E-state index in [-0.39, 0.29) is 5.75 Å². The predicted octanol–water partition coefficient (Wildman–Crippen LogP) is 2.01.